The smallest absolute Gasteiger partial charge is 0.126 e. The number of thiophene rings is 1. The van der Waals surface area contributed by atoms with Crippen LogP contribution < -0.4 is 5.32 Å². The second kappa shape index (κ2) is 5.30. The fourth-order valence-electron chi connectivity index (χ4n) is 2.95. The minimum Gasteiger partial charge on any atom is -0.309 e. The van der Waals surface area contributed by atoms with Gasteiger partial charge < -0.3 is 5.32 Å². The Morgan fingerprint density at radius 2 is 2.15 bits per heavy atom. The minimum atomic E-state index is -0.0516. The van der Waals surface area contributed by atoms with Gasteiger partial charge in [0.1, 0.15) is 5.82 Å². The molecule has 3 rings (SSSR count). The van der Waals surface area contributed by atoms with Crippen LogP contribution in [0.25, 0.3) is 0 Å². The van der Waals surface area contributed by atoms with Crippen LogP contribution in [-0.2, 0) is 11.8 Å². The molecule has 1 aromatic carbocycles. The van der Waals surface area contributed by atoms with Gasteiger partial charge in [0.15, 0.2) is 0 Å². The van der Waals surface area contributed by atoms with Crippen molar-refractivity contribution in [1.82, 2.24) is 5.32 Å². The number of fused-ring (bicyclic) bond motifs is 1. The maximum absolute atomic E-state index is 13.7. The van der Waals surface area contributed by atoms with E-state index in [-0.39, 0.29) is 11.2 Å². The van der Waals surface area contributed by atoms with Crippen molar-refractivity contribution in [3.05, 3.63) is 57.5 Å². The molecule has 1 aliphatic rings. The van der Waals surface area contributed by atoms with Crippen LogP contribution in [0.5, 0.6) is 0 Å². The van der Waals surface area contributed by atoms with E-state index in [2.05, 4.69) is 42.7 Å². The summed E-state index contributed by atoms with van der Waals surface area (Å²) in [5.74, 6) is -0.0516. The number of rotatable bonds is 4. The van der Waals surface area contributed by atoms with E-state index in [4.69, 9.17) is 0 Å². The summed E-state index contributed by atoms with van der Waals surface area (Å²) in [6.07, 6.45) is 1.84. The molecule has 1 nitrogen and oxygen atoms in total. The van der Waals surface area contributed by atoms with E-state index in [1.807, 2.05) is 6.07 Å². The summed E-state index contributed by atoms with van der Waals surface area (Å²) in [6, 6.07) is 10.0. The highest BCUT2D eigenvalue weighted by Gasteiger charge is 2.28. The topological polar surface area (TPSA) is 12.0 Å². The predicted molar refractivity (Wildman–Crippen MR) is 82.8 cm³/mol. The van der Waals surface area contributed by atoms with Crippen LogP contribution in [0.2, 0.25) is 0 Å². The van der Waals surface area contributed by atoms with Crippen molar-refractivity contribution in [3.63, 3.8) is 0 Å². The highest BCUT2D eigenvalue weighted by atomic mass is 32.1. The summed E-state index contributed by atoms with van der Waals surface area (Å²) in [7, 11) is 0. The molecule has 1 unspecified atom stereocenters. The lowest BCUT2D eigenvalue weighted by atomic mass is 9.91. The Balaban J connectivity index is 1.71. The summed E-state index contributed by atoms with van der Waals surface area (Å²) in [4.78, 5) is 1.39. The van der Waals surface area contributed by atoms with Crippen molar-refractivity contribution in [2.45, 2.75) is 38.1 Å². The van der Waals surface area contributed by atoms with Gasteiger partial charge in [-0.3, -0.25) is 0 Å². The van der Waals surface area contributed by atoms with Gasteiger partial charge in [0, 0.05) is 22.9 Å². The van der Waals surface area contributed by atoms with Crippen molar-refractivity contribution >= 4 is 11.3 Å². The molecule has 1 aliphatic carbocycles. The third kappa shape index (κ3) is 2.52. The van der Waals surface area contributed by atoms with Gasteiger partial charge in [-0.2, -0.15) is 0 Å². The fourth-order valence-corrected chi connectivity index (χ4v) is 3.80. The highest BCUT2D eigenvalue weighted by molar-refractivity contribution is 7.10. The van der Waals surface area contributed by atoms with Crippen LogP contribution in [0.3, 0.4) is 0 Å². The van der Waals surface area contributed by atoms with E-state index < -0.39 is 0 Å². The summed E-state index contributed by atoms with van der Waals surface area (Å²) in [6.45, 7) is 5.43. The van der Waals surface area contributed by atoms with Crippen molar-refractivity contribution in [2.75, 3.05) is 6.54 Å². The van der Waals surface area contributed by atoms with Gasteiger partial charge >= 0.3 is 0 Å². The average molecular weight is 289 g/mol. The molecule has 0 aliphatic heterocycles. The minimum absolute atomic E-state index is 0.0516. The number of benzene rings is 1. The zero-order valence-corrected chi connectivity index (χ0v) is 12.8. The maximum Gasteiger partial charge on any atom is 0.126 e. The standard InChI is InChI=1S/C17H20FNS/c1-17(2,16-7-4-10-20-16)11-19-15-9-8-12-13(15)5-3-6-14(12)18/h3-7,10,15,19H,8-9,11H2,1-2H3. The Kier molecular flexibility index (Phi) is 3.65. The second-order valence-electron chi connectivity index (χ2n) is 6.14. The zero-order valence-electron chi connectivity index (χ0n) is 11.9. The molecule has 2 aromatic rings. The van der Waals surface area contributed by atoms with Gasteiger partial charge in [-0.05, 0) is 41.5 Å². The molecule has 0 amide bonds. The number of halogens is 1. The Hall–Kier alpha value is -1.19. The molecule has 106 valence electrons. The second-order valence-corrected chi connectivity index (χ2v) is 7.09. The van der Waals surface area contributed by atoms with Gasteiger partial charge in [0.2, 0.25) is 0 Å². The van der Waals surface area contributed by atoms with E-state index >= 15 is 0 Å². The lowest BCUT2D eigenvalue weighted by Crippen LogP contribution is -2.34. The van der Waals surface area contributed by atoms with Crippen molar-refractivity contribution in [3.8, 4) is 0 Å². The first kappa shape index (κ1) is 13.8. The normalized spacial score (nSPS) is 18.2. The van der Waals surface area contributed by atoms with E-state index in [0.29, 0.717) is 6.04 Å². The first-order valence-electron chi connectivity index (χ1n) is 7.12. The van der Waals surface area contributed by atoms with Crippen molar-refractivity contribution in [2.24, 2.45) is 0 Å². The third-order valence-electron chi connectivity index (χ3n) is 4.19. The van der Waals surface area contributed by atoms with Gasteiger partial charge in [-0.25, -0.2) is 4.39 Å². The van der Waals surface area contributed by atoms with Crippen LogP contribution >= 0.6 is 11.3 Å². The number of hydrogen-bond acceptors (Lipinski definition) is 2. The van der Waals surface area contributed by atoms with Crippen LogP contribution in [0, 0.1) is 5.82 Å². The quantitative estimate of drug-likeness (QED) is 0.877. The molecule has 0 spiro atoms. The molecule has 0 saturated heterocycles. The van der Waals surface area contributed by atoms with Crippen LogP contribution in [-0.4, -0.2) is 6.54 Å². The van der Waals surface area contributed by atoms with Crippen LogP contribution in [0.15, 0.2) is 35.7 Å². The van der Waals surface area contributed by atoms with Gasteiger partial charge in [-0.1, -0.05) is 32.0 Å². The summed E-state index contributed by atoms with van der Waals surface area (Å²) < 4.78 is 13.7. The molecule has 20 heavy (non-hydrogen) atoms. The Bertz CT molecular complexity index is 589. The molecule has 1 atom stereocenters. The molecule has 0 bridgehead atoms. The highest BCUT2D eigenvalue weighted by Crippen LogP contribution is 2.34. The largest absolute Gasteiger partial charge is 0.309 e. The van der Waals surface area contributed by atoms with Crippen LogP contribution in [0.1, 0.15) is 42.3 Å². The molecule has 1 aromatic heterocycles. The Morgan fingerprint density at radius 3 is 2.90 bits per heavy atom. The summed E-state index contributed by atoms with van der Waals surface area (Å²) in [5, 5.41) is 5.76. The molecule has 3 heteroatoms. The maximum atomic E-state index is 13.7. The molecule has 0 radical (unpaired) electrons. The first-order valence-corrected chi connectivity index (χ1v) is 8.00. The van der Waals surface area contributed by atoms with E-state index in [1.54, 1.807) is 17.4 Å². The number of hydrogen-bond donors (Lipinski definition) is 1. The van der Waals surface area contributed by atoms with E-state index in [1.165, 1.54) is 4.88 Å². The molecular formula is C17H20FNS. The first-order chi connectivity index (χ1) is 9.58. The monoisotopic (exact) mass is 289 g/mol. The average Bonchev–Trinajstić information content (AvgIpc) is 3.07. The molecule has 1 heterocycles. The van der Waals surface area contributed by atoms with E-state index in [9.17, 15) is 4.39 Å². The van der Waals surface area contributed by atoms with Gasteiger partial charge in [0.25, 0.3) is 0 Å². The zero-order chi connectivity index (χ0) is 14.2. The molecule has 1 N–H and O–H groups in total. The summed E-state index contributed by atoms with van der Waals surface area (Å²) >= 11 is 1.80. The Morgan fingerprint density at radius 1 is 1.30 bits per heavy atom. The van der Waals surface area contributed by atoms with Gasteiger partial charge in [0.05, 0.1) is 0 Å². The van der Waals surface area contributed by atoms with Crippen molar-refractivity contribution in [1.29, 1.82) is 0 Å². The van der Waals surface area contributed by atoms with Crippen LogP contribution in [0.4, 0.5) is 4.39 Å². The molecule has 0 fully saturated rings. The van der Waals surface area contributed by atoms with Gasteiger partial charge in [-0.15, -0.1) is 11.3 Å². The fraction of sp³-hybridized carbons (Fsp3) is 0.412. The Labute approximate surface area is 123 Å². The lowest BCUT2D eigenvalue weighted by Gasteiger charge is -2.26. The van der Waals surface area contributed by atoms with Crippen molar-refractivity contribution < 1.29 is 4.39 Å². The molecule has 0 saturated carbocycles. The lowest BCUT2D eigenvalue weighted by molar-refractivity contribution is 0.426. The number of nitrogens with one attached hydrogen (secondary N) is 1. The van der Waals surface area contributed by atoms with E-state index in [0.717, 1.165) is 30.5 Å². The third-order valence-corrected chi connectivity index (χ3v) is 5.43. The predicted octanol–water partition coefficient (Wildman–Crippen LogP) is 4.44. The SMILES string of the molecule is CC(C)(CNC1CCc2c(F)cccc21)c1cccs1. The summed E-state index contributed by atoms with van der Waals surface area (Å²) in [5.41, 5.74) is 2.16. The molecular weight excluding hydrogens is 269 g/mol.